The van der Waals surface area contributed by atoms with Gasteiger partial charge in [0.2, 0.25) is 5.91 Å². The van der Waals surface area contributed by atoms with E-state index in [1.165, 1.54) is 35.0 Å². The summed E-state index contributed by atoms with van der Waals surface area (Å²) in [6, 6.07) is 18.6. The molecule has 0 saturated carbocycles. The molecule has 0 spiro atoms. The molecule has 0 bridgehead atoms. The summed E-state index contributed by atoms with van der Waals surface area (Å²) >= 11 is 4.58. The number of thiazole rings is 3. The highest BCUT2D eigenvalue weighted by atomic mass is 127. The lowest BCUT2D eigenvalue weighted by molar-refractivity contribution is -0.143. The molecule has 0 fully saturated rings. The summed E-state index contributed by atoms with van der Waals surface area (Å²) in [5.41, 5.74) is 3.00. The zero-order valence-corrected chi connectivity index (χ0v) is 45.9. The van der Waals surface area contributed by atoms with Gasteiger partial charge in [0.05, 0.1) is 44.9 Å². The minimum atomic E-state index is -1.30. The van der Waals surface area contributed by atoms with Crippen LogP contribution in [-0.4, -0.2) is 97.1 Å². The average molecular weight is 1120 g/mol. The Morgan fingerprint density at radius 2 is 1.13 bits per heavy atom. The number of carboxylic acid groups (broad SMARTS) is 1. The summed E-state index contributed by atoms with van der Waals surface area (Å²) in [6.07, 6.45) is 3.55. The van der Waals surface area contributed by atoms with Crippen LogP contribution in [0.3, 0.4) is 0 Å². The monoisotopic (exact) mass is 1120 g/mol. The number of aromatic nitrogens is 3. The molecule has 5 N–H and O–H groups in total. The van der Waals surface area contributed by atoms with Crippen molar-refractivity contribution in [2.45, 2.75) is 136 Å². The first-order valence-corrected chi connectivity index (χ1v) is 25.1. The van der Waals surface area contributed by atoms with Crippen molar-refractivity contribution in [1.29, 1.82) is 0 Å². The van der Waals surface area contributed by atoms with Gasteiger partial charge in [-0.05, 0) is 64.5 Å². The van der Waals surface area contributed by atoms with Crippen LogP contribution in [0.4, 0.5) is 14.4 Å². The van der Waals surface area contributed by atoms with Crippen LogP contribution in [0.2, 0.25) is 0 Å². The summed E-state index contributed by atoms with van der Waals surface area (Å²) in [7, 11) is 3.31. The number of urea groups is 2. The second-order valence-electron chi connectivity index (χ2n) is 18.3. The van der Waals surface area contributed by atoms with E-state index in [0.29, 0.717) is 50.6 Å². The summed E-state index contributed by atoms with van der Waals surface area (Å²) in [5.74, 6) is -0.687. The largest absolute Gasteiger partial charge is 0.480 e. The van der Waals surface area contributed by atoms with Crippen molar-refractivity contribution in [3.05, 3.63) is 121 Å². The number of benzene rings is 2. The maximum atomic E-state index is 13.7. The average Bonchev–Trinajstić information content (AvgIpc) is 4.09. The van der Waals surface area contributed by atoms with Crippen LogP contribution in [-0.2, 0) is 46.9 Å². The van der Waals surface area contributed by atoms with Crippen molar-refractivity contribution in [2.24, 2.45) is 0 Å². The van der Waals surface area contributed by atoms with Gasteiger partial charge in [-0.3, -0.25) is 9.78 Å². The molecule has 0 aliphatic rings. The standard InChI is InChI=1S/C36H46N6O4S2.C13H21N3O3S.HI/c1-25(2)32-38-30(23-47-32)21-42(5)34(44)41-36(3,4)33(43)39-28(18-26-12-8-6-9-13-26)16-17-29(19-27-14-10-7-11-15-27)40-35(45)46-22-31-20-37-24-48-31;1-8(2)10-14-9(7-20-10)6-16(5)12(19)15-13(3,4)11(17)18;/h6-15,20,23-25,28-29H,16-19,21-22H2,1-5H3,(H,39,43)(H,40,45)(H,41,44);7-8H,6H2,1-5H3,(H,15,19)(H,17,18);1H/t28-,29-;;/m1../s1. The van der Waals surface area contributed by atoms with Gasteiger partial charge >= 0.3 is 24.1 Å². The fourth-order valence-electron chi connectivity index (χ4n) is 6.46. The molecule has 2 atom stereocenters. The van der Waals surface area contributed by atoms with Gasteiger partial charge < -0.3 is 40.9 Å². The third-order valence-corrected chi connectivity index (χ3v) is 13.7. The van der Waals surface area contributed by atoms with Crippen molar-refractivity contribution in [1.82, 2.24) is 46.0 Å². The Morgan fingerprint density at radius 3 is 1.54 bits per heavy atom. The lowest BCUT2D eigenvalue weighted by atomic mass is 9.95. The quantitative estimate of drug-likeness (QED) is 0.0440. The van der Waals surface area contributed by atoms with Crippen molar-refractivity contribution < 1.29 is 33.8 Å². The van der Waals surface area contributed by atoms with Crippen molar-refractivity contribution in [3.8, 4) is 0 Å². The summed E-state index contributed by atoms with van der Waals surface area (Å²) < 4.78 is 5.47. The highest BCUT2D eigenvalue weighted by Crippen LogP contribution is 2.22. The third-order valence-electron chi connectivity index (χ3n) is 10.6. The molecule has 6 amide bonds. The molecule has 69 heavy (non-hydrogen) atoms. The molecule has 5 rings (SSSR count). The fraction of sp³-hybridized carbons (Fsp3) is 0.469. The van der Waals surface area contributed by atoms with E-state index >= 15 is 0 Å². The van der Waals surface area contributed by atoms with Gasteiger partial charge in [-0.2, -0.15) is 0 Å². The van der Waals surface area contributed by atoms with E-state index in [4.69, 9.17) is 9.84 Å². The van der Waals surface area contributed by atoms with Crippen LogP contribution in [0.15, 0.2) is 83.1 Å². The molecule has 5 aromatic rings. The molecule has 0 radical (unpaired) electrons. The van der Waals surface area contributed by atoms with Crippen molar-refractivity contribution >= 4 is 88.0 Å². The minimum Gasteiger partial charge on any atom is -0.480 e. The Balaban J connectivity index is 0.000000504. The predicted octanol–water partition coefficient (Wildman–Crippen LogP) is 9.58. The molecule has 0 aliphatic heterocycles. The number of carboxylic acids is 1. The predicted molar refractivity (Wildman–Crippen MR) is 284 cm³/mol. The molecule has 3 aromatic heterocycles. The topological polar surface area (TPSA) is 208 Å². The van der Waals surface area contributed by atoms with E-state index in [-0.39, 0.29) is 54.6 Å². The van der Waals surface area contributed by atoms with Crippen molar-refractivity contribution in [3.63, 3.8) is 0 Å². The normalized spacial score (nSPS) is 12.1. The summed E-state index contributed by atoms with van der Waals surface area (Å²) in [6.45, 7) is 15.4. The lowest BCUT2D eigenvalue weighted by Gasteiger charge is -2.31. The summed E-state index contributed by atoms with van der Waals surface area (Å²) in [4.78, 5) is 79.5. The number of ether oxygens (including phenoxy) is 1. The Morgan fingerprint density at radius 1 is 0.681 bits per heavy atom. The first-order valence-electron chi connectivity index (χ1n) is 22.5. The maximum Gasteiger partial charge on any atom is 0.407 e. The van der Waals surface area contributed by atoms with Crippen LogP contribution < -0.4 is 21.3 Å². The molecule has 20 heteroatoms. The van der Waals surface area contributed by atoms with Gasteiger partial charge in [0, 0.05) is 55.0 Å². The van der Waals surface area contributed by atoms with Gasteiger partial charge in [-0.15, -0.1) is 58.0 Å². The molecule has 3 heterocycles. The highest BCUT2D eigenvalue weighted by Gasteiger charge is 2.33. The molecular formula is C49H68IN9O7S3. The van der Waals surface area contributed by atoms with Crippen molar-refractivity contribution in [2.75, 3.05) is 14.1 Å². The Labute approximate surface area is 435 Å². The smallest absolute Gasteiger partial charge is 0.407 e. The zero-order valence-electron chi connectivity index (χ0n) is 41.1. The molecule has 0 aliphatic carbocycles. The Kier molecular flexibility index (Phi) is 23.5. The number of alkyl carbamates (subject to hydrolysis) is 1. The van der Waals surface area contributed by atoms with E-state index in [9.17, 15) is 24.0 Å². The number of amides is 6. The molecule has 376 valence electrons. The number of nitrogens with zero attached hydrogens (tertiary/aromatic N) is 5. The number of aliphatic carboxylic acids is 1. The van der Waals surface area contributed by atoms with E-state index in [2.05, 4.69) is 63.9 Å². The number of rotatable bonds is 21. The number of nitrogens with one attached hydrogen (secondary N) is 4. The minimum absolute atomic E-state index is 0. The number of halogens is 1. The highest BCUT2D eigenvalue weighted by molar-refractivity contribution is 14.0. The fourth-order valence-corrected chi connectivity index (χ4v) is 8.62. The summed E-state index contributed by atoms with van der Waals surface area (Å²) in [5, 5.41) is 26.5. The number of carbonyl (C=O) groups is 5. The molecular weight excluding hydrogens is 1050 g/mol. The Hall–Kier alpha value is -5.19. The SMILES string of the molecule is CC(C)c1nc(CN(C)C(=O)NC(C)(C)C(=O)N[C@H](CC[C@H](Cc2ccccc2)NC(=O)OCc2cncs2)Cc2ccccc2)cs1.CC(C)c1nc(CN(C)C(=O)NC(C)(C)C(=O)O)cs1.I. The van der Waals surface area contributed by atoms with Gasteiger partial charge in [0.15, 0.2) is 0 Å². The van der Waals surface area contributed by atoms with Crippen LogP contribution in [0.1, 0.15) is 117 Å². The van der Waals surface area contributed by atoms with Crippen LogP contribution in [0.25, 0.3) is 0 Å². The number of hydrogen-bond donors (Lipinski definition) is 5. The van der Waals surface area contributed by atoms with Gasteiger partial charge in [0.1, 0.15) is 17.7 Å². The molecule has 0 unspecified atom stereocenters. The van der Waals surface area contributed by atoms with Gasteiger partial charge in [-0.25, -0.2) is 29.1 Å². The molecule has 0 saturated heterocycles. The van der Waals surface area contributed by atoms with E-state index in [0.717, 1.165) is 37.4 Å². The van der Waals surface area contributed by atoms with Gasteiger partial charge in [-0.1, -0.05) is 88.4 Å². The molecule has 16 nitrogen and oxygen atoms in total. The van der Waals surface area contributed by atoms with Crippen LogP contribution in [0, 0.1) is 0 Å². The zero-order chi connectivity index (χ0) is 50.0. The van der Waals surface area contributed by atoms with E-state index in [1.54, 1.807) is 62.3 Å². The van der Waals surface area contributed by atoms with Gasteiger partial charge in [0.25, 0.3) is 0 Å². The van der Waals surface area contributed by atoms with Crippen LogP contribution >= 0.6 is 58.0 Å². The first kappa shape index (κ1) is 58.1. The Bertz CT molecular complexity index is 2360. The second-order valence-corrected chi connectivity index (χ2v) is 21.1. The number of carbonyl (C=O) groups excluding carboxylic acids is 4. The second kappa shape index (κ2) is 27.9. The first-order chi connectivity index (χ1) is 32.1. The van der Waals surface area contributed by atoms with Crippen LogP contribution in [0.5, 0.6) is 0 Å². The molecule has 2 aromatic carbocycles. The van der Waals surface area contributed by atoms with E-state index < -0.39 is 29.2 Å². The third kappa shape index (κ3) is 20.0. The maximum absolute atomic E-state index is 13.7. The van der Waals surface area contributed by atoms with E-state index in [1.807, 2.05) is 71.4 Å². The lowest BCUT2D eigenvalue weighted by Crippen LogP contribution is -2.59. The number of hydrogen-bond acceptors (Lipinski definition) is 12.